The summed E-state index contributed by atoms with van der Waals surface area (Å²) in [7, 11) is 0. The molecule has 0 amide bonds. The van der Waals surface area contributed by atoms with Crippen molar-refractivity contribution in [3.05, 3.63) is 24.3 Å². The van der Waals surface area contributed by atoms with Crippen molar-refractivity contribution in [2.24, 2.45) is 0 Å². The second-order valence-electron chi connectivity index (χ2n) is 5.42. The van der Waals surface area contributed by atoms with E-state index < -0.39 is 0 Å². The predicted octanol–water partition coefficient (Wildman–Crippen LogP) is 2.45. The lowest BCUT2D eigenvalue weighted by atomic mass is 10.2. The Labute approximate surface area is 110 Å². The van der Waals surface area contributed by atoms with Crippen molar-refractivity contribution in [2.45, 2.75) is 31.7 Å². The molecule has 0 saturated carbocycles. The summed E-state index contributed by atoms with van der Waals surface area (Å²) in [5.41, 5.74) is 2.61. The summed E-state index contributed by atoms with van der Waals surface area (Å²) in [6.45, 7) is 4.67. The summed E-state index contributed by atoms with van der Waals surface area (Å²) in [5.74, 6) is 0. The fraction of sp³-hybridized carbons (Fsp3) is 0.600. The molecule has 2 aliphatic rings. The van der Waals surface area contributed by atoms with Crippen LogP contribution < -0.4 is 15.5 Å². The van der Waals surface area contributed by atoms with Crippen LogP contribution in [0.1, 0.15) is 25.7 Å². The van der Waals surface area contributed by atoms with E-state index in [1.54, 1.807) is 0 Å². The fourth-order valence-electron chi connectivity index (χ4n) is 2.94. The Kier molecular flexibility index (Phi) is 3.69. The van der Waals surface area contributed by atoms with Crippen molar-refractivity contribution in [3.8, 4) is 0 Å². The SMILES string of the molecule is c1cc(N2CCCC2)ccc1NCC1CCCN1. The van der Waals surface area contributed by atoms with Crippen LogP contribution in [-0.2, 0) is 0 Å². The molecule has 1 aromatic carbocycles. The lowest BCUT2D eigenvalue weighted by Crippen LogP contribution is -2.29. The standard InChI is InChI=1S/C15H23N3/c1-2-11-18(10-1)15-7-5-13(6-8-15)17-12-14-4-3-9-16-14/h5-8,14,16-17H,1-4,9-12H2. The molecule has 2 N–H and O–H groups in total. The minimum atomic E-state index is 0.656. The van der Waals surface area contributed by atoms with Crippen LogP contribution in [0.2, 0.25) is 0 Å². The molecule has 2 saturated heterocycles. The Morgan fingerprint density at radius 1 is 1.11 bits per heavy atom. The van der Waals surface area contributed by atoms with Gasteiger partial charge >= 0.3 is 0 Å². The maximum absolute atomic E-state index is 3.52. The van der Waals surface area contributed by atoms with E-state index in [1.807, 2.05) is 0 Å². The number of anilines is 2. The van der Waals surface area contributed by atoms with Crippen LogP contribution in [0.15, 0.2) is 24.3 Å². The first-order valence-corrected chi connectivity index (χ1v) is 7.24. The highest BCUT2D eigenvalue weighted by Gasteiger charge is 2.14. The van der Waals surface area contributed by atoms with Gasteiger partial charge in [-0.05, 0) is 56.5 Å². The highest BCUT2D eigenvalue weighted by Crippen LogP contribution is 2.22. The van der Waals surface area contributed by atoms with E-state index in [0.717, 1.165) is 6.54 Å². The summed E-state index contributed by atoms with van der Waals surface area (Å²) in [6, 6.07) is 9.57. The van der Waals surface area contributed by atoms with Crippen LogP contribution in [0.25, 0.3) is 0 Å². The summed E-state index contributed by atoms with van der Waals surface area (Å²) in [4.78, 5) is 2.47. The van der Waals surface area contributed by atoms with E-state index in [9.17, 15) is 0 Å². The molecule has 1 unspecified atom stereocenters. The zero-order chi connectivity index (χ0) is 12.2. The van der Waals surface area contributed by atoms with Gasteiger partial charge in [-0.2, -0.15) is 0 Å². The van der Waals surface area contributed by atoms with Gasteiger partial charge in [0, 0.05) is 37.1 Å². The third-order valence-corrected chi connectivity index (χ3v) is 4.05. The Morgan fingerprint density at radius 2 is 1.89 bits per heavy atom. The van der Waals surface area contributed by atoms with Crippen molar-refractivity contribution >= 4 is 11.4 Å². The Hall–Kier alpha value is -1.22. The molecule has 0 aromatic heterocycles. The van der Waals surface area contributed by atoms with Crippen LogP contribution in [0, 0.1) is 0 Å². The number of hydrogen-bond donors (Lipinski definition) is 2. The average Bonchev–Trinajstić information content (AvgIpc) is 3.10. The van der Waals surface area contributed by atoms with E-state index in [0.29, 0.717) is 6.04 Å². The van der Waals surface area contributed by atoms with E-state index in [4.69, 9.17) is 0 Å². The number of nitrogens with one attached hydrogen (secondary N) is 2. The number of benzene rings is 1. The van der Waals surface area contributed by atoms with E-state index in [1.165, 1.54) is 56.7 Å². The van der Waals surface area contributed by atoms with Crippen LogP contribution in [0.3, 0.4) is 0 Å². The minimum Gasteiger partial charge on any atom is -0.383 e. The molecule has 18 heavy (non-hydrogen) atoms. The molecule has 3 heteroatoms. The number of hydrogen-bond acceptors (Lipinski definition) is 3. The zero-order valence-electron chi connectivity index (χ0n) is 11.0. The molecule has 3 nitrogen and oxygen atoms in total. The van der Waals surface area contributed by atoms with Crippen molar-refractivity contribution < 1.29 is 0 Å². The number of nitrogens with zero attached hydrogens (tertiary/aromatic N) is 1. The molecular formula is C15H23N3. The largest absolute Gasteiger partial charge is 0.383 e. The Bertz CT molecular complexity index is 362. The Balaban J connectivity index is 1.53. The normalized spacial score (nSPS) is 23.6. The number of rotatable bonds is 4. The molecule has 2 aliphatic heterocycles. The Morgan fingerprint density at radius 3 is 2.56 bits per heavy atom. The average molecular weight is 245 g/mol. The molecule has 0 radical (unpaired) electrons. The summed E-state index contributed by atoms with van der Waals surface area (Å²) < 4.78 is 0. The molecule has 3 rings (SSSR count). The maximum Gasteiger partial charge on any atom is 0.0367 e. The lowest BCUT2D eigenvalue weighted by Gasteiger charge is -2.18. The molecule has 2 fully saturated rings. The van der Waals surface area contributed by atoms with Gasteiger partial charge in [0.15, 0.2) is 0 Å². The second kappa shape index (κ2) is 5.61. The predicted molar refractivity (Wildman–Crippen MR) is 77.4 cm³/mol. The lowest BCUT2D eigenvalue weighted by molar-refractivity contribution is 0.633. The highest BCUT2D eigenvalue weighted by molar-refractivity contribution is 5.55. The maximum atomic E-state index is 3.52. The molecule has 0 bridgehead atoms. The first-order valence-electron chi connectivity index (χ1n) is 7.24. The minimum absolute atomic E-state index is 0.656. The van der Waals surface area contributed by atoms with Gasteiger partial charge in [-0.25, -0.2) is 0 Å². The van der Waals surface area contributed by atoms with Gasteiger partial charge in [-0.15, -0.1) is 0 Å². The summed E-state index contributed by atoms with van der Waals surface area (Å²) in [6.07, 6.45) is 5.31. The van der Waals surface area contributed by atoms with Crippen LogP contribution in [-0.4, -0.2) is 32.2 Å². The monoisotopic (exact) mass is 245 g/mol. The smallest absolute Gasteiger partial charge is 0.0367 e. The van der Waals surface area contributed by atoms with Gasteiger partial charge in [0.2, 0.25) is 0 Å². The van der Waals surface area contributed by atoms with Crippen LogP contribution >= 0.6 is 0 Å². The molecule has 0 aliphatic carbocycles. The van der Waals surface area contributed by atoms with Gasteiger partial charge < -0.3 is 15.5 Å². The van der Waals surface area contributed by atoms with Gasteiger partial charge in [0.25, 0.3) is 0 Å². The van der Waals surface area contributed by atoms with Crippen molar-refractivity contribution in [1.29, 1.82) is 0 Å². The summed E-state index contributed by atoms with van der Waals surface area (Å²) in [5, 5.41) is 7.04. The van der Waals surface area contributed by atoms with Crippen molar-refractivity contribution in [3.63, 3.8) is 0 Å². The topological polar surface area (TPSA) is 27.3 Å². The van der Waals surface area contributed by atoms with Crippen LogP contribution in [0.5, 0.6) is 0 Å². The zero-order valence-corrected chi connectivity index (χ0v) is 11.0. The first kappa shape index (κ1) is 11.8. The van der Waals surface area contributed by atoms with E-state index >= 15 is 0 Å². The van der Waals surface area contributed by atoms with Crippen molar-refractivity contribution in [1.82, 2.24) is 5.32 Å². The van der Waals surface area contributed by atoms with Gasteiger partial charge in [-0.1, -0.05) is 0 Å². The van der Waals surface area contributed by atoms with Gasteiger partial charge in [0.05, 0.1) is 0 Å². The molecular weight excluding hydrogens is 222 g/mol. The third kappa shape index (κ3) is 2.78. The van der Waals surface area contributed by atoms with E-state index in [2.05, 4.69) is 39.8 Å². The molecule has 1 aromatic rings. The quantitative estimate of drug-likeness (QED) is 0.853. The molecule has 1 atom stereocenters. The van der Waals surface area contributed by atoms with E-state index in [-0.39, 0.29) is 0 Å². The molecule has 0 spiro atoms. The van der Waals surface area contributed by atoms with Gasteiger partial charge in [0.1, 0.15) is 0 Å². The van der Waals surface area contributed by atoms with Crippen molar-refractivity contribution in [2.75, 3.05) is 36.4 Å². The second-order valence-corrected chi connectivity index (χ2v) is 5.42. The molecule has 98 valence electrons. The fourth-order valence-corrected chi connectivity index (χ4v) is 2.94. The van der Waals surface area contributed by atoms with Crippen LogP contribution in [0.4, 0.5) is 11.4 Å². The third-order valence-electron chi connectivity index (χ3n) is 4.05. The summed E-state index contributed by atoms with van der Waals surface area (Å²) >= 11 is 0. The molecule has 2 heterocycles. The highest BCUT2D eigenvalue weighted by atomic mass is 15.1. The van der Waals surface area contributed by atoms with Gasteiger partial charge in [-0.3, -0.25) is 0 Å². The first-order chi connectivity index (χ1) is 8.92.